The van der Waals surface area contributed by atoms with E-state index in [1.807, 2.05) is 0 Å². The van der Waals surface area contributed by atoms with Crippen molar-refractivity contribution in [2.24, 2.45) is 11.8 Å². The topological polar surface area (TPSA) is 79.9 Å². The van der Waals surface area contributed by atoms with E-state index < -0.39 is 18.0 Å². The van der Waals surface area contributed by atoms with Crippen LogP contribution in [-0.2, 0) is 4.74 Å². The van der Waals surface area contributed by atoms with Crippen LogP contribution < -0.4 is 15.4 Å². The van der Waals surface area contributed by atoms with Crippen LogP contribution in [0.2, 0.25) is 0 Å². The van der Waals surface area contributed by atoms with E-state index in [4.69, 9.17) is 4.74 Å². The lowest BCUT2D eigenvalue weighted by Gasteiger charge is -2.26. The molecule has 0 bridgehead atoms. The van der Waals surface area contributed by atoms with Crippen molar-refractivity contribution < 1.29 is 32.2 Å². The number of carbonyl (C=O) groups is 2. The molecule has 3 atom stereocenters. The Labute approximate surface area is 160 Å². The Morgan fingerprint density at radius 1 is 1.07 bits per heavy atom. The molecule has 2 aliphatic rings. The number of fused-ring (bicyclic) bond motifs is 1. The fourth-order valence-corrected chi connectivity index (χ4v) is 3.27. The van der Waals surface area contributed by atoms with Crippen molar-refractivity contribution in [3.8, 4) is 5.75 Å². The van der Waals surface area contributed by atoms with Crippen LogP contribution in [0.1, 0.15) is 20.8 Å². The molecule has 3 rings (SSSR count). The molecule has 7 nitrogen and oxygen atoms in total. The van der Waals surface area contributed by atoms with Gasteiger partial charge in [-0.05, 0) is 45.0 Å². The van der Waals surface area contributed by atoms with Gasteiger partial charge in [0.25, 0.3) is 0 Å². The first kappa shape index (κ1) is 20.1. The van der Waals surface area contributed by atoms with E-state index in [1.54, 1.807) is 25.7 Å². The molecule has 1 saturated heterocycles. The number of carbonyl (C=O) groups excluding carboxylic acids is 2. The highest BCUT2D eigenvalue weighted by atomic mass is 19.4. The summed E-state index contributed by atoms with van der Waals surface area (Å²) in [5.74, 6) is -0.000854. The summed E-state index contributed by atoms with van der Waals surface area (Å²) < 4.78 is 45.5. The van der Waals surface area contributed by atoms with E-state index in [9.17, 15) is 22.8 Å². The van der Waals surface area contributed by atoms with Crippen LogP contribution in [0.3, 0.4) is 0 Å². The second-order valence-electron chi connectivity index (χ2n) is 7.91. The van der Waals surface area contributed by atoms with Gasteiger partial charge in [0, 0.05) is 36.7 Å². The van der Waals surface area contributed by atoms with Gasteiger partial charge in [-0.1, -0.05) is 0 Å². The average molecular weight is 401 g/mol. The predicted octanol–water partition coefficient (Wildman–Crippen LogP) is 3.57. The summed E-state index contributed by atoms with van der Waals surface area (Å²) in [5.41, 5.74) is -0.213. The molecule has 3 amide bonds. The lowest BCUT2D eigenvalue weighted by molar-refractivity contribution is -0.274. The number of nitrogens with zero attached hydrogens (tertiary/aromatic N) is 1. The lowest BCUT2D eigenvalue weighted by Crippen LogP contribution is -2.41. The Balaban J connectivity index is 1.42. The van der Waals surface area contributed by atoms with E-state index in [2.05, 4.69) is 15.4 Å². The highest BCUT2D eigenvalue weighted by Gasteiger charge is 2.58. The van der Waals surface area contributed by atoms with Gasteiger partial charge in [-0.2, -0.15) is 0 Å². The third-order valence-electron chi connectivity index (χ3n) is 4.49. The molecule has 1 saturated carbocycles. The van der Waals surface area contributed by atoms with Crippen LogP contribution in [0.4, 0.5) is 28.4 Å². The first-order valence-corrected chi connectivity index (χ1v) is 8.82. The van der Waals surface area contributed by atoms with Gasteiger partial charge in [-0.3, -0.25) is 0 Å². The fraction of sp³-hybridized carbons (Fsp3) is 0.556. The minimum Gasteiger partial charge on any atom is -0.444 e. The number of rotatable bonds is 3. The largest absolute Gasteiger partial charge is 0.573 e. The second-order valence-corrected chi connectivity index (χ2v) is 7.91. The molecule has 0 radical (unpaired) electrons. The molecule has 1 unspecified atom stereocenters. The van der Waals surface area contributed by atoms with E-state index >= 15 is 0 Å². The van der Waals surface area contributed by atoms with Gasteiger partial charge >= 0.3 is 18.5 Å². The maximum absolute atomic E-state index is 12.1. The summed E-state index contributed by atoms with van der Waals surface area (Å²) in [4.78, 5) is 25.7. The molecule has 2 N–H and O–H groups in total. The smallest absolute Gasteiger partial charge is 0.444 e. The highest BCUT2D eigenvalue weighted by Crippen LogP contribution is 2.45. The summed E-state index contributed by atoms with van der Waals surface area (Å²) in [6.07, 6.45) is -5.12. The van der Waals surface area contributed by atoms with Crippen molar-refractivity contribution in [3.63, 3.8) is 0 Å². The molecule has 1 aromatic rings. The van der Waals surface area contributed by atoms with Crippen molar-refractivity contribution in [2.75, 3.05) is 18.4 Å². The number of likely N-dealkylation sites (tertiary alicyclic amines) is 1. The van der Waals surface area contributed by atoms with Gasteiger partial charge in [-0.15, -0.1) is 13.2 Å². The molecule has 2 fully saturated rings. The number of anilines is 1. The van der Waals surface area contributed by atoms with Crippen molar-refractivity contribution in [1.29, 1.82) is 0 Å². The molecule has 154 valence electrons. The van der Waals surface area contributed by atoms with Crippen LogP contribution in [0.15, 0.2) is 24.3 Å². The van der Waals surface area contributed by atoms with Crippen LogP contribution in [-0.4, -0.2) is 48.1 Å². The molecular weight excluding hydrogens is 379 g/mol. The highest BCUT2D eigenvalue weighted by molar-refractivity contribution is 5.89. The zero-order valence-corrected chi connectivity index (χ0v) is 15.7. The third-order valence-corrected chi connectivity index (χ3v) is 4.49. The number of hydrogen-bond acceptors (Lipinski definition) is 4. The number of alkyl halides is 3. The average Bonchev–Trinajstić information content (AvgIpc) is 2.98. The van der Waals surface area contributed by atoms with Crippen LogP contribution in [0, 0.1) is 11.8 Å². The maximum atomic E-state index is 12.1. The SMILES string of the molecule is CC(C)(C)OC(=O)N1C[C@@H]2C(NC(=O)Nc3ccc(OC(F)(F)F)cc3)[C@@H]2C1. The molecule has 0 spiro atoms. The number of urea groups is 1. The monoisotopic (exact) mass is 401 g/mol. The van der Waals surface area contributed by atoms with Crippen LogP contribution in [0.5, 0.6) is 5.75 Å². The molecule has 10 heteroatoms. The number of nitrogens with one attached hydrogen (secondary N) is 2. The Kier molecular flexibility index (Phi) is 5.07. The maximum Gasteiger partial charge on any atom is 0.573 e. The molecule has 1 heterocycles. The molecule has 0 aromatic heterocycles. The Morgan fingerprint density at radius 2 is 1.64 bits per heavy atom. The van der Waals surface area contributed by atoms with E-state index in [0.29, 0.717) is 18.8 Å². The van der Waals surface area contributed by atoms with E-state index in [1.165, 1.54) is 12.1 Å². The summed E-state index contributed by atoms with van der Waals surface area (Å²) >= 11 is 0. The minimum atomic E-state index is -4.76. The zero-order valence-electron chi connectivity index (χ0n) is 15.7. The first-order chi connectivity index (χ1) is 12.9. The number of hydrogen-bond donors (Lipinski definition) is 2. The normalized spacial score (nSPS) is 23.6. The summed E-state index contributed by atoms with van der Waals surface area (Å²) in [5, 5.41) is 5.39. The molecule has 28 heavy (non-hydrogen) atoms. The van der Waals surface area contributed by atoms with Crippen molar-refractivity contribution >= 4 is 17.8 Å². The quantitative estimate of drug-likeness (QED) is 0.812. The third kappa shape index (κ3) is 5.20. The van der Waals surface area contributed by atoms with Crippen LogP contribution >= 0.6 is 0 Å². The zero-order chi connectivity index (χ0) is 20.7. The molecule has 1 aliphatic heterocycles. The van der Waals surface area contributed by atoms with Crippen molar-refractivity contribution in [3.05, 3.63) is 24.3 Å². The molecule has 1 aromatic carbocycles. The minimum absolute atomic E-state index is 0.0356. The second kappa shape index (κ2) is 7.06. The van der Waals surface area contributed by atoms with Crippen molar-refractivity contribution in [1.82, 2.24) is 10.2 Å². The Bertz CT molecular complexity index is 734. The summed E-state index contributed by atoms with van der Waals surface area (Å²) in [6, 6.07) is 4.39. The lowest BCUT2D eigenvalue weighted by atomic mass is 10.2. The van der Waals surface area contributed by atoms with Gasteiger partial charge < -0.3 is 25.0 Å². The van der Waals surface area contributed by atoms with Crippen LogP contribution in [0.25, 0.3) is 0 Å². The number of ether oxygens (including phenoxy) is 2. The number of benzene rings is 1. The van der Waals surface area contributed by atoms with Gasteiger partial charge in [0.2, 0.25) is 0 Å². The van der Waals surface area contributed by atoms with E-state index in [-0.39, 0.29) is 29.7 Å². The predicted molar refractivity (Wildman–Crippen MR) is 93.9 cm³/mol. The van der Waals surface area contributed by atoms with Gasteiger partial charge in [0.05, 0.1) is 0 Å². The Hall–Kier alpha value is -2.65. The number of piperidine rings is 1. The van der Waals surface area contributed by atoms with Gasteiger partial charge in [-0.25, -0.2) is 9.59 Å². The number of amides is 3. The standard InChI is InChI=1S/C18H22F3N3O4/c1-17(2,3)28-16(26)24-8-12-13(9-24)14(12)23-15(25)22-10-4-6-11(7-5-10)27-18(19,20)21/h4-7,12-14H,8-9H2,1-3H3,(H2,22,23,25)/t12-,13+,14?. The van der Waals surface area contributed by atoms with Gasteiger partial charge in [0.15, 0.2) is 0 Å². The van der Waals surface area contributed by atoms with Crippen molar-refractivity contribution in [2.45, 2.75) is 38.8 Å². The first-order valence-electron chi connectivity index (χ1n) is 8.82. The number of halogens is 3. The van der Waals surface area contributed by atoms with Gasteiger partial charge in [0.1, 0.15) is 11.4 Å². The molecular formula is C18H22F3N3O4. The van der Waals surface area contributed by atoms with E-state index in [0.717, 1.165) is 12.1 Å². The fourth-order valence-electron chi connectivity index (χ4n) is 3.27. The summed E-state index contributed by atoms with van der Waals surface area (Å²) in [7, 11) is 0. The Morgan fingerprint density at radius 3 is 2.14 bits per heavy atom. The summed E-state index contributed by atoms with van der Waals surface area (Å²) in [6.45, 7) is 6.45. The molecule has 1 aliphatic carbocycles.